The van der Waals surface area contributed by atoms with E-state index >= 15 is 0 Å². The molecule has 2 aromatic rings. The Balaban J connectivity index is 2.00. The Morgan fingerprint density at radius 1 is 1.32 bits per heavy atom. The van der Waals surface area contributed by atoms with Gasteiger partial charge in [-0.1, -0.05) is 12.1 Å². The van der Waals surface area contributed by atoms with Crippen molar-refractivity contribution in [3.05, 3.63) is 48.3 Å². The van der Waals surface area contributed by atoms with E-state index in [9.17, 15) is 9.18 Å². The standard InChI is InChI=1S/C13H15FN4O/c1-9(11-3-5-12(14)6-4-11)17-13(19)10(2)18-8-15-7-16-18/h3-10H,1-2H3,(H,17,19)/t9-,10+/m1/s1. The van der Waals surface area contributed by atoms with Crippen molar-refractivity contribution in [2.75, 3.05) is 0 Å². The number of benzene rings is 1. The van der Waals surface area contributed by atoms with E-state index in [1.54, 1.807) is 19.1 Å². The van der Waals surface area contributed by atoms with Crippen LogP contribution in [0.25, 0.3) is 0 Å². The van der Waals surface area contributed by atoms with E-state index in [0.717, 1.165) is 5.56 Å². The molecule has 1 heterocycles. The smallest absolute Gasteiger partial charge is 0.245 e. The maximum atomic E-state index is 12.8. The second kappa shape index (κ2) is 5.60. The third-order valence-corrected chi connectivity index (χ3v) is 2.94. The lowest BCUT2D eigenvalue weighted by atomic mass is 10.1. The van der Waals surface area contributed by atoms with Gasteiger partial charge in [0.2, 0.25) is 5.91 Å². The molecule has 5 nitrogen and oxygen atoms in total. The molecule has 100 valence electrons. The van der Waals surface area contributed by atoms with Crippen molar-refractivity contribution >= 4 is 5.91 Å². The molecule has 1 aromatic carbocycles. The quantitative estimate of drug-likeness (QED) is 0.914. The highest BCUT2D eigenvalue weighted by atomic mass is 19.1. The van der Waals surface area contributed by atoms with Gasteiger partial charge in [-0.25, -0.2) is 14.1 Å². The fourth-order valence-corrected chi connectivity index (χ4v) is 1.71. The Hall–Kier alpha value is -2.24. The molecular formula is C13H15FN4O. The molecule has 0 fully saturated rings. The molecule has 0 aliphatic carbocycles. The fraction of sp³-hybridized carbons (Fsp3) is 0.308. The zero-order chi connectivity index (χ0) is 13.8. The Labute approximate surface area is 110 Å². The van der Waals surface area contributed by atoms with E-state index in [1.807, 2.05) is 6.92 Å². The van der Waals surface area contributed by atoms with Gasteiger partial charge >= 0.3 is 0 Å². The molecule has 0 saturated heterocycles. The van der Waals surface area contributed by atoms with Gasteiger partial charge in [0.15, 0.2) is 0 Å². The van der Waals surface area contributed by atoms with Crippen LogP contribution in [0.2, 0.25) is 0 Å². The summed E-state index contributed by atoms with van der Waals surface area (Å²) in [5.41, 5.74) is 0.848. The number of amides is 1. The van der Waals surface area contributed by atoms with Gasteiger partial charge in [0.05, 0.1) is 6.04 Å². The molecule has 1 amide bonds. The average molecular weight is 262 g/mol. The van der Waals surface area contributed by atoms with Gasteiger partial charge in [0.1, 0.15) is 24.5 Å². The van der Waals surface area contributed by atoms with Gasteiger partial charge in [-0.2, -0.15) is 5.10 Å². The fourth-order valence-electron chi connectivity index (χ4n) is 1.71. The van der Waals surface area contributed by atoms with Crippen LogP contribution in [0.1, 0.15) is 31.5 Å². The number of carbonyl (C=O) groups is 1. The number of rotatable bonds is 4. The van der Waals surface area contributed by atoms with E-state index in [2.05, 4.69) is 15.4 Å². The van der Waals surface area contributed by atoms with Crippen LogP contribution in [-0.2, 0) is 4.79 Å². The van der Waals surface area contributed by atoms with E-state index in [0.29, 0.717) is 0 Å². The first-order valence-electron chi connectivity index (χ1n) is 5.98. The Kier molecular flexibility index (Phi) is 3.89. The number of halogens is 1. The summed E-state index contributed by atoms with van der Waals surface area (Å²) in [5, 5.41) is 6.78. The monoisotopic (exact) mass is 262 g/mol. The number of hydrogen-bond acceptors (Lipinski definition) is 3. The zero-order valence-electron chi connectivity index (χ0n) is 10.7. The number of aromatic nitrogens is 3. The van der Waals surface area contributed by atoms with E-state index < -0.39 is 6.04 Å². The van der Waals surface area contributed by atoms with Crippen LogP contribution < -0.4 is 5.32 Å². The Bertz CT molecular complexity index is 538. The largest absolute Gasteiger partial charge is 0.348 e. The molecule has 6 heteroatoms. The van der Waals surface area contributed by atoms with Crippen molar-refractivity contribution in [2.24, 2.45) is 0 Å². The molecule has 0 spiro atoms. The van der Waals surface area contributed by atoms with Crippen molar-refractivity contribution in [3.63, 3.8) is 0 Å². The van der Waals surface area contributed by atoms with Crippen LogP contribution in [0, 0.1) is 5.82 Å². The minimum atomic E-state index is -0.439. The Morgan fingerprint density at radius 2 is 2.00 bits per heavy atom. The molecule has 2 atom stereocenters. The second-order valence-corrected chi connectivity index (χ2v) is 4.33. The van der Waals surface area contributed by atoms with Gasteiger partial charge < -0.3 is 5.32 Å². The van der Waals surface area contributed by atoms with Gasteiger partial charge in [-0.3, -0.25) is 4.79 Å². The van der Waals surface area contributed by atoms with Gasteiger partial charge in [0.25, 0.3) is 0 Å². The Morgan fingerprint density at radius 3 is 2.58 bits per heavy atom. The molecule has 1 aromatic heterocycles. The van der Waals surface area contributed by atoms with E-state index in [1.165, 1.54) is 29.5 Å². The summed E-state index contributed by atoms with van der Waals surface area (Å²) < 4.78 is 14.3. The molecule has 0 aliphatic rings. The molecule has 0 bridgehead atoms. The maximum absolute atomic E-state index is 12.8. The highest BCUT2D eigenvalue weighted by Crippen LogP contribution is 2.14. The number of nitrogens with one attached hydrogen (secondary N) is 1. The van der Waals surface area contributed by atoms with Crippen molar-refractivity contribution < 1.29 is 9.18 Å². The summed E-state index contributed by atoms with van der Waals surface area (Å²) in [7, 11) is 0. The lowest BCUT2D eigenvalue weighted by Crippen LogP contribution is -2.33. The van der Waals surface area contributed by atoms with Crippen LogP contribution in [0.5, 0.6) is 0 Å². The van der Waals surface area contributed by atoms with Crippen LogP contribution in [0.3, 0.4) is 0 Å². The summed E-state index contributed by atoms with van der Waals surface area (Å²) >= 11 is 0. The first kappa shape index (κ1) is 13.2. The minimum absolute atomic E-state index is 0.165. The zero-order valence-corrected chi connectivity index (χ0v) is 10.7. The lowest BCUT2D eigenvalue weighted by molar-refractivity contribution is -0.124. The van der Waals surface area contributed by atoms with Crippen molar-refractivity contribution in [3.8, 4) is 0 Å². The first-order chi connectivity index (χ1) is 9.08. The topological polar surface area (TPSA) is 59.8 Å². The van der Waals surface area contributed by atoms with Crippen LogP contribution in [-0.4, -0.2) is 20.7 Å². The summed E-state index contributed by atoms with van der Waals surface area (Å²) in [5.74, 6) is -0.458. The molecular weight excluding hydrogens is 247 g/mol. The lowest BCUT2D eigenvalue weighted by Gasteiger charge is -2.17. The van der Waals surface area contributed by atoms with E-state index in [-0.39, 0.29) is 17.8 Å². The van der Waals surface area contributed by atoms with E-state index in [4.69, 9.17) is 0 Å². The molecule has 0 unspecified atom stereocenters. The SMILES string of the molecule is C[C@@H](NC(=O)[C@H](C)n1cncn1)c1ccc(F)cc1. The van der Waals surface area contributed by atoms with Gasteiger partial charge in [-0.15, -0.1) is 0 Å². The molecule has 19 heavy (non-hydrogen) atoms. The second-order valence-electron chi connectivity index (χ2n) is 4.33. The van der Waals surface area contributed by atoms with Crippen LogP contribution in [0.15, 0.2) is 36.9 Å². The highest BCUT2D eigenvalue weighted by Gasteiger charge is 2.18. The highest BCUT2D eigenvalue weighted by molar-refractivity contribution is 5.80. The van der Waals surface area contributed by atoms with Crippen LogP contribution >= 0.6 is 0 Å². The summed E-state index contributed by atoms with van der Waals surface area (Å²) in [6.07, 6.45) is 2.87. The molecule has 0 aliphatic heterocycles. The molecule has 2 rings (SSSR count). The number of carbonyl (C=O) groups excluding carboxylic acids is 1. The minimum Gasteiger partial charge on any atom is -0.348 e. The number of hydrogen-bond donors (Lipinski definition) is 1. The summed E-state index contributed by atoms with van der Waals surface area (Å²) in [4.78, 5) is 15.8. The third kappa shape index (κ3) is 3.15. The summed E-state index contributed by atoms with van der Waals surface area (Å²) in [6, 6.07) is 5.42. The van der Waals surface area contributed by atoms with Crippen LogP contribution in [0.4, 0.5) is 4.39 Å². The maximum Gasteiger partial charge on any atom is 0.245 e. The average Bonchev–Trinajstić information content (AvgIpc) is 2.92. The third-order valence-electron chi connectivity index (χ3n) is 2.94. The predicted molar refractivity (Wildman–Crippen MR) is 67.7 cm³/mol. The van der Waals surface area contributed by atoms with Crippen molar-refractivity contribution in [1.82, 2.24) is 20.1 Å². The molecule has 0 saturated carbocycles. The summed E-state index contributed by atoms with van der Waals surface area (Å²) in [6.45, 7) is 3.58. The first-order valence-corrected chi connectivity index (χ1v) is 5.98. The normalized spacial score (nSPS) is 13.8. The molecule has 1 N–H and O–H groups in total. The van der Waals surface area contributed by atoms with Gasteiger partial charge in [-0.05, 0) is 31.5 Å². The predicted octanol–water partition coefficient (Wildman–Crippen LogP) is 1.86. The van der Waals surface area contributed by atoms with Crippen molar-refractivity contribution in [1.29, 1.82) is 0 Å². The van der Waals surface area contributed by atoms with Gasteiger partial charge in [0, 0.05) is 0 Å². The van der Waals surface area contributed by atoms with Crippen molar-refractivity contribution in [2.45, 2.75) is 25.9 Å². The molecule has 0 radical (unpaired) electrons. The number of nitrogens with zero attached hydrogens (tertiary/aromatic N) is 3.